The molecule has 0 spiro atoms. The molecule has 16 heavy (non-hydrogen) atoms. The molecule has 0 aromatic heterocycles. The number of aliphatic hydroxyl groups excluding tert-OH is 1. The van der Waals surface area contributed by atoms with Crippen LogP contribution in [0.1, 0.15) is 27.2 Å². The Kier molecular flexibility index (Phi) is 3.30. The summed E-state index contributed by atoms with van der Waals surface area (Å²) >= 11 is 0. The highest BCUT2D eigenvalue weighted by atomic mass is 16.3. The van der Waals surface area contributed by atoms with Gasteiger partial charge in [-0.15, -0.1) is 0 Å². The Bertz CT molecular complexity index is 335. The lowest BCUT2D eigenvalue weighted by Crippen LogP contribution is -2.36. The summed E-state index contributed by atoms with van der Waals surface area (Å²) in [7, 11) is 0. The maximum atomic E-state index is 8.82. The van der Waals surface area contributed by atoms with Gasteiger partial charge in [0.05, 0.1) is 12.6 Å². The third-order valence-corrected chi connectivity index (χ3v) is 3.57. The van der Waals surface area contributed by atoms with Gasteiger partial charge in [0.15, 0.2) is 0 Å². The lowest BCUT2D eigenvalue weighted by molar-refractivity contribution is 0.284. The number of hydrogen-bond donors (Lipinski definition) is 2. The summed E-state index contributed by atoms with van der Waals surface area (Å²) in [6.07, 6.45) is 1.06. The molecule has 0 amide bonds. The van der Waals surface area contributed by atoms with Crippen LogP contribution in [0.25, 0.3) is 0 Å². The van der Waals surface area contributed by atoms with Crippen molar-refractivity contribution in [1.82, 2.24) is 10.2 Å². The molecule has 2 aliphatic heterocycles. The van der Waals surface area contributed by atoms with E-state index in [1.807, 2.05) is 0 Å². The van der Waals surface area contributed by atoms with Crippen LogP contribution >= 0.6 is 0 Å². The van der Waals surface area contributed by atoms with Gasteiger partial charge in [-0.25, -0.2) is 0 Å². The molecule has 1 fully saturated rings. The number of hydrogen-bond acceptors (Lipinski definition) is 4. The SMILES string of the molecule is CC1=N[C@@H](C)C(C)=C2CC(NCCO)CN12. The molecule has 0 aromatic rings. The van der Waals surface area contributed by atoms with Crippen molar-refractivity contribution in [3.05, 3.63) is 11.3 Å². The topological polar surface area (TPSA) is 47.9 Å². The molecule has 1 unspecified atom stereocenters. The van der Waals surface area contributed by atoms with Gasteiger partial charge in [0.2, 0.25) is 0 Å². The van der Waals surface area contributed by atoms with Crippen molar-refractivity contribution in [1.29, 1.82) is 0 Å². The second kappa shape index (κ2) is 4.55. The lowest BCUT2D eigenvalue weighted by atomic mass is 10.0. The normalized spacial score (nSPS) is 29.5. The minimum Gasteiger partial charge on any atom is -0.395 e. The minimum atomic E-state index is 0.206. The molecule has 0 bridgehead atoms. The number of rotatable bonds is 3. The summed E-state index contributed by atoms with van der Waals surface area (Å²) in [5.41, 5.74) is 2.81. The van der Waals surface area contributed by atoms with Crippen LogP contribution in [-0.4, -0.2) is 47.6 Å². The Morgan fingerprint density at radius 1 is 1.50 bits per heavy atom. The van der Waals surface area contributed by atoms with Crippen LogP contribution in [0.15, 0.2) is 16.3 Å². The van der Waals surface area contributed by atoms with Crippen molar-refractivity contribution in [2.45, 2.75) is 39.3 Å². The highest BCUT2D eigenvalue weighted by Crippen LogP contribution is 2.30. The number of aliphatic hydroxyl groups is 1. The molecule has 2 rings (SSSR count). The van der Waals surface area contributed by atoms with Gasteiger partial charge in [0.1, 0.15) is 5.84 Å². The van der Waals surface area contributed by atoms with Crippen LogP contribution in [-0.2, 0) is 0 Å². The van der Waals surface area contributed by atoms with E-state index >= 15 is 0 Å². The number of fused-ring (bicyclic) bond motifs is 1. The van der Waals surface area contributed by atoms with E-state index in [-0.39, 0.29) is 6.61 Å². The molecule has 4 heteroatoms. The molecule has 0 aliphatic carbocycles. The van der Waals surface area contributed by atoms with Crippen molar-refractivity contribution in [2.75, 3.05) is 19.7 Å². The van der Waals surface area contributed by atoms with Gasteiger partial charge in [0.25, 0.3) is 0 Å². The summed E-state index contributed by atoms with van der Waals surface area (Å²) in [5.74, 6) is 1.13. The largest absolute Gasteiger partial charge is 0.395 e. The number of amidine groups is 1. The van der Waals surface area contributed by atoms with Crippen molar-refractivity contribution < 1.29 is 5.11 Å². The Balaban J connectivity index is 2.11. The second-order valence-electron chi connectivity index (χ2n) is 4.67. The maximum absolute atomic E-state index is 8.82. The first kappa shape index (κ1) is 11.6. The van der Waals surface area contributed by atoms with Gasteiger partial charge in [-0.3, -0.25) is 4.99 Å². The molecule has 0 aromatic carbocycles. The lowest BCUT2D eigenvalue weighted by Gasteiger charge is -2.28. The van der Waals surface area contributed by atoms with E-state index in [1.54, 1.807) is 0 Å². The molecule has 2 atom stereocenters. The van der Waals surface area contributed by atoms with Crippen molar-refractivity contribution in [3.8, 4) is 0 Å². The van der Waals surface area contributed by atoms with Gasteiger partial charge in [-0.2, -0.15) is 0 Å². The first-order valence-electron chi connectivity index (χ1n) is 5.99. The van der Waals surface area contributed by atoms with Crippen molar-refractivity contribution >= 4 is 5.84 Å². The van der Waals surface area contributed by atoms with Crippen LogP contribution in [0, 0.1) is 0 Å². The van der Waals surface area contributed by atoms with Gasteiger partial charge < -0.3 is 15.3 Å². The van der Waals surface area contributed by atoms with E-state index in [0.717, 1.165) is 18.8 Å². The molecular formula is C12H21N3O. The van der Waals surface area contributed by atoms with Gasteiger partial charge in [-0.05, 0) is 26.3 Å². The molecule has 0 saturated carbocycles. The summed E-state index contributed by atoms with van der Waals surface area (Å²) in [5, 5.41) is 12.2. The number of nitrogens with zero attached hydrogens (tertiary/aromatic N) is 2. The van der Waals surface area contributed by atoms with Crippen LogP contribution in [0.5, 0.6) is 0 Å². The molecule has 1 saturated heterocycles. The minimum absolute atomic E-state index is 0.206. The van der Waals surface area contributed by atoms with E-state index in [4.69, 9.17) is 5.11 Å². The Morgan fingerprint density at radius 2 is 2.25 bits per heavy atom. The maximum Gasteiger partial charge on any atom is 0.101 e. The first-order valence-corrected chi connectivity index (χ1v) is 5.99. The van der Waals surface area contributed by atoms with Crippen molar-refractivity contribution in [3.63, 3.8) is 0 Å². The van der Waals surface area contributed by atoms with E-state index in [9.17, 15) is 0 Å². The van der Waals surface area contributed by atoms with E-state index in [0.29, 0.717) is 18.6 Å². The Hall–Kier alpha value is -0.870. The van der Waals surface area contributed by atoms with E-state index < -0.39 is 0 Å². The molecule has 0 radical (unpaired) electrons. The van der Waals surface area contributed by atoms with Crippen LogP contribution < -0.4 is 5.32 Å². The van der Waals surface area contributed by atoms with Crippen LogP contribution in [0.4, 0.5) is 0 Å². The van der Waals surface area contributed by atoms with Gasteiger partial charge >= 0.3 is 0 Å². The fourth-order valence-corrected chi connectivity index (χ4v) is 2.53. The molecule has 2 aliphatic rings. The van der Waals surface area contributed by atoms with E-state index in [2.05, 4.69) is 36.0 Å². The Morgan fingerprint density at radius 3 is 2.94 bits per heavy atom. The van der Waals surface area contributed by atoms with Crippen LogP contribution in [0.3, 0.4) is 0 Å². The molecule has 4 nitrogen and oxygen atoms in total. The fraction of sp³-hybridized carbons (Fsp3) is 0.750. The average molecular weight is 223 g/mol. The third-order valence-electron chi connectivity index (χ3n) is 3.57. The summed E-state index contributed by atoms with van der Waals surface area (Å²) < 4.78 is 0. The summed E-state index contributed by atoms with van der Waals surface area (Å²) in [6.45, 7) is 8.27. The van der Waals surface area contributed by atoms with E-state index in [1.165, 1.54) is 11.3 Å². The Labute approximate surface area is 97.1 Å². The van der Waals surface area contributed by atoms with Crippen LogP contribution in [0.2, 0.25) is 0 Å². The standard InChI is InChI=1S/C12H21N3O/c1-8-9(2)14-10(3)15-7-11(6-12(8)15)13-4-5-16/h9,11,13,16H,4-7H2,1-3H3/t9-,11?/m0/s1. The van der Waals surface area contributed by atoms with Crippen molar-refractivity contribution in [2.24, 2.45) is 4.99 Å². The number of aliphatic imine (C=N–C) groups is 1. The quantitative estimate of drug-likeness (QED) is 0.742. The average Bonchev–Trinajstić information content (AvgIpc) is 2.68. The molecule has 2 heterocycles. The third kappa shape index (κ3) is 1.99. The first-order chi connectivity index (χ1) is 7.63. The van der Waals surface area contributed by atoms with Gasteiger partial charge in [-0.1, -0.05) is 0 Å². The summed E-state index contributed by atoms with van der Waals surface area (Å²) in [6, 6.07) is 0.774. The predicted molar refractivity (Wildman–Crippen MR) is 65.5 cm³/mol. The zero-order valence-corrected chi connectivity index (χ0v) is 10.3. The second-order valence-corrected chi connectivity index (χ2v) is 4.67. The highest BCUT2D eigenvalue weighted by molar-refractivity contribution is 5.83. The van der Waals surface area contributed by atoms with Gasteiger partial charge in [0, 0.05) is 31.2 Å². The zero-order valence-electron chi connectivity index (χ0n) is 10.3. The molecule has 2 N–H and O–H groups in total. The number of nitrogens with one attached hydrogen (secondary N) is 1. The fourth-order valence-electron chi connectivity index (χ4n) is 2.53. The molecule has 90 valence electrons. The highest BCUT2D eigenvalue weighted by Gasteiger charge is 2.32. The monoisotopic (exact) mass is 223 g/mol. The molecular weight excluding hydrogens is 202 g/mol. The summed E-state index contributed by atoms with van der Waals surface area (Å²) in [4.78, 5) is 6.94. The predicted octanol–water partition coefficient (Wildman–Crippen LogP) is 0.737. The zero-order chi connectivity index (χ0) is 11.7. The smallest absolute Gasteiger partial charge is 0.101 e.